The van der Waals surface area contributed by atoms with Crippen LogP contribution in [0.5, 0.6) is 5.75 Å². The number of rotatable bonds is 8. The first kappa shape index (κ1) is 21.1. The van der Waals surface area contributed by atoms with Crippen molar-refractivity contribution in [3.8, 4) is 5.75 Å². The van der Waals surface area contributed by atoms with E-state index in [1.54, 1.807) is 7.05 Å². The summed E-state index contributed by atoms with van der Waals surface area (Å²) in [5.74, 6) is 3.06. The van der Waals surface area contributed by atoms with Crippen molar-refractivity contribution in [1.82, 2.24) is 25.2 Å². The van der Waals surface area contributed by atoms with E-state index in [4.69, 9.17) is 9.47 Å². The van der Waals surface area contributed by atoms with Crippen molar-refractivity contribution in [3.63, 3.8) is 0 Å². The van der Waals surface area contributed by atoms with Crippen LogP contribution in [-0.2, 0) is 17.7 Å². The van der Waals surface area contributed by atoms with Crippen LogP contribution in [0, 0.1) is 12.8 Å². The smallest absolute Gasteiger partial charge is 0.191 e. The van der Waals surface area contributed by atoms with Crippen LogP contribution in [0.15, 0.2) is 47.6 Å². The Labute approximate surface area is 182 Å². The third-order valence-electron chi connectivity index (χ3n) is 5.42. The minimum atomic E-state index is 0.476. The quantitative estimate of drug-likeness (QED) is 0.428. The summed E-state index contributed by atoms with van der Waals surface area (Å²) in [7, 11) is 1.77. The molecule has 0 spiro atoms. The van der Waals surface area contributed by atoms with E-state index in [9.17, 15) is 0 Å². The molecule has 0 bridgehead atoms. The van der Waals surface area contributed by atoms with Gasteiger partial charge in [0.1, 0.15) is 11.6 Å². The molecule has 2 aromatic heterocycles. The molecular weight excluding hydrogens is 392 g/mol. The van der Waals surface area contributed by atoms with E-state index >= 15 is 0 Å². The molecule has 2 N–H and O–H groups in total. The Bertz CT molecular complexity index is 1030. The molecule has 3 heterocycles. The molecule has 0 amide bonds. The van der Waals surface area contributed by atoms with Gasteiger partial charge in [0, 0.05) is 50.8 Å². The van der Waals surface area contributed by atoms with Crippen LogP contribution in [0.25, 0.3) is 5.65 Å². The minimum absolute atomic E-state index is 0.476. The van der Waals surface area contributed by atoms with E-state index in [1.807, 2.05) is 28.8 Å². The number of benzene rings is 1. The number of guanidine groups is 1. The summed E-state index contributed by atoms with van der Waals surface area (Å²) >= 11 is 0. The standard InChI is InChI=1S/C23H30N6O2/c1-17-6-7-19(20(13-17)31-16-18-9-12-30-15-18)14-26-23(24-2)25-10-8-22-28-27-21-5-3-4-11-29(21)22/h3-7,11,13,18H,8-10,12,14-16H2,1-2H3,(H2,24,25,26). The zero-order valence-corrected chi connectivity index (χ0v) is 18.2. The van der Waals surface area contributed by atoms with Gasteiger partial charge in [0.25, 0.3) is 0 Å². The van der Waals surface area contributed by atoms with Gasteiger partial charge < -0.3 is 20.1 Å². The van der Waals surface area contributed by atoms with Crippen molar-refractivity contribution in [3.05, 3.63) is 59.5 Å². The fourth-order valence-corrected chi connectivity index (χ4v) is 3.62. The fraction of sp³-hybridized carbons (Fsp3) is 0.435. The highest BCUT2D eigenvalue weighted by Gasteiger charge is 2.17. The normalized spacial score (nSPS) is 16.6. The third kappa shape index (κ3) is 5.52. The van der Waals surface area contributed by atoms with Gasteiger partial charge in [-0.15, -0.1) is 10.2 Å². The molecule has 0 radical (unpaired) electrons. The zero-order valence-electron chi connectivity index (χ0n) is 18.2. The lowest BCUT2D eigenvalue weighted by Gasteiger charge is -2.17. The second-order valence-electron chi connectivity index (χ2n) is 7.80. The number of aromatic nitrogens is 3. The number of nitrogens with zero attached hydrogens (tertiary/aromatic N) is 4. The first-order chi connectivity index (χ1) is 15.2. The molecule has 8 heteroatoms. The van der Waals surface area contributed by atoms with E-state index in [0.29, 0.717) is 25.6 Å². The first-order valence-corrected chi connectivity index (χ1v) is 10.8. The highest BCUT2D eigenvalue weighted by Crippen LogP contribution is 2.22. The molecule has 1 fully saturated rings. The lowest BCUT2D eigenvalue weighted by atomic mass is 10.1. The lowest BCUT2D eigenvalue weighted by Crippen LogP contribution is -2.38. The van der Waals surface area contributed by atoms with Crippen LogP contribution in [0.3, 0.4) is 0 Å². The van der Waals surface area contributed by atoms with Crippen molar-refractivity contribution < 1.29 is 9.47 Å². The third-order valence-corrected chi connectivity index (χ3v) is 5.42. The van der Waals surface area contributed by atoms with Gasteiger partial charge in [-0.05, 0) is 37.1 Å². The Balaban J connectivity index is 1.30. The average molecular weight is 423 g/mol. The number of hydrogen-bond acceptors (Lipinski definition) is 5. The van der Waals surface area contributed by atoms with Crippen molar-refractivity contribution in [2.75, 3.05) is 33.4 Å². The van der Waals surface area contributed by atoms with Gasteiger partial charge in [0.15, 0.2) is 11.6 Å². The Hall–Kier alpha value is -3.13. The number of hydrogen-bond donors (Lipinski definition) is 2. The first-order valence-electron chi connectivity index (χ1n) is 10.8. The molecule has 8 nitrogen and oxygen atoms in total. The van der Waals surface area contributed by atoms with Crippen molar-refractivity contribution in [2.45, 2.75) is 26.3 Å². The van der Waals surface area contributed by atoms with Crippen LogP contribution in [-0.4, -0.2) is 54.0 Å². The average Bonchev–Trinajstić information content (AvgIpc) is 3.46. The van der Waals surface area contributed by atoms with Gasteiger partial charge >= 0.3 is 0 Å². The summed E-state index contributed by atoms with van der Waals surface area (Å²) < 4.78 is 13.6. The highest BCUT2D eigenvalue weighted by molar-refractivity contribution is 5.79. The lowest BCUT2D eigenvalue weighted by molar-refractivity contribution is 0.166. The number of aryl methyl sites for hydroxylation is 1. The van der Waals surface area contributed by atoms with Gasteiger partial charge in [0.05, 0.1) is 13.2 Å². The van der Waals surface area contributed by atoms with Crippen LogP contribution in [0.4, 0.5) is 0 Å². The number of pyridine rings is 1. The Kier molecular flexibility index (Phi) is 6.99. The maximum atomic E-state index is 6.14. The predicted octanol–water partition coefficient (Wildman–Crippen LogP) is 2.36. The molecule has 3 aromatic rings. The summed E-state index contributed by atoms with van der Waals surface area (Å²) in [6.07, 6.45) is 3.79. The maximum Gasteiger partial charge on any atom is 0.191 e. The van der Waals surface area contributed by atoms with E-state index in [-0.39, 0.29) is 0 Å². The van der Waals surface area contributed by atoms with E-state index in [2.05, 4.69) is 50.9 Å². The Morgan fingerprint density at radius 2 is 2.19 bits per heavy atom. The monoisotopic (exact) mass is 422 g/mol. The highest BCUT2D eigenvalue weighted by atomic mass is 16.5. The van der Waals surface area contributed by atoms with Crippen molar-refractivity contribution in [2.24, 2.45) is 10.9 Å². The van der Waals surface area contributed by atoms with Crippen LogP contribution < -0.4 is 15.4 Å². The van der Waals surface area contributed by atoms with Crippen LogP contribution >= 0.6 is 0 Å². The molecule has 31 heavy (non-hydrogen) atoms. The minimum Gasteiger partial charge on any atom is -0.493 e. The second-order valence-corrected chi connectivity index (χ2v) is 7.80. The molecule has 1 saturated heterocycles. The molecule has 1 aliphatic heterocycles. The van der Waals surface area contributed by atoms with Crippen molar-refractivity contribution >= 4 is 11.6 Å². The van der Waals surface area contributed by atoms with Gasteiger partial charge in [-0.1, -0.05) is 18.2 Å². The maximum absolute atomic E-state index is 6.14. The SMILES string of the molecule is CN=C(NCCc1nnc2ccccn12)NCc1ccc(C)cc1OCC1CCOC1. The molecule has 1 aliphatic rings. The summed E-state index contributed by atoms with van der Waals surface area (Å²) in [6.45, 7) is 5.73. The van der Waals surface area contributed by atoms with Gasteiger partial charge in [0.2, 0.25) is 0 Å². The Morgan fingerprint density at radius 3 is 3.03 bits per heavy atom. The number of nitrogens with one attached hydrogen (secondary N) is 2. The molecule has 0 saturated carbocycles. The largest absolute Gasteiger partial charge is 0.493 e. The molecule has 0 aliphatic carbocycles. The van der Waals surface area contributed by atoms with Crippen LogP contribution in [0.2, 0.25) is 0 Å². The fourth-order valence-electron chi connectivity index (χ4n) is 3.62. The van der Waals surface area contributed by atoms with Gasteiger partial charge in [-0.3, -0.25) is 9.39 Å². The Morgan fingerprint density at radius 1 is 1.26 bits per heavy atom. The summed E-state index contributed by atoms with van der Waals surface area (Å²) in [5.41, 5.74) is 3.15. The molecule has 1 atom stereocenters. The summed E-state index contributed by atoms with van der Waals surface area (Å²) in [6, 6.07) is 12.2. The number of ether oxygens (including phenoxy) is 2. The zero-order chi connectivity index (χ0) is 21.5. The molecule has 4 rings (SSSR count). The molecule has 1 unspecified atom stereocenters. The molecular formula is C23H30N6O2. The van der Waals surface area contributed by atoms with Gasteiger partial charge in [-0.25, -0.2) is 0 Å². The van der Waals surface area contributed by atoms with E-state index in [1.165, 1.54) is 5.56 Å². The second kappa shape index (κ2) is 10.3. The van der Waals surface area contributed by atoms with Crippen molar-refractivity contribution in [1.29, 1.82) is 0 Å². The summed E-state index contributed by atoms with van der Waals surface area (Å²) in [4.78, 5) is 4.33. The van der Waals surface area contributed by atoms with Gasteiger partial charge in [-0.2, -0.15) is 0 Å². The number of fused-ring (bicyclic) bond motifs is 1. The van der Waals surface area contributed by atoms with E-state index in [0.717, 1.165) is 54.8 Å². The number of aliphatic imine (C=N–C) groups is 1. The molecule has 164 valence electrons. The predicted molar refractivity (Wildman–Crippen MR) is 120 cm³/mol. The summed E-state index contributed by atoms with van der Waals surface area (Å²) in [5, 5.41) is 15.2. The topological polar surface area (TPSA) is 85.1 Å². The van der Waals surface area contributed by atoms with E-state index < -0.39 is 0 Å². The molecule has 1 aromatic carbocycles. The van der Waals surface area contributed by atoms with Crippen LogP contribution in [0.1, 0.15) is 23.4 Å².